The van der Waals surface area contributed by atoms with Crippen molar-refractivity contribution in [3.8, 4) is 17.2 Å². The van der Waals surface area contributed by atoms with Crippen molar-refractivity contribution < 1.29 is 14.2 Å². The van der Waals surface area contributed by atoms with E-state index in [0.717, 1.165) is 28.4 Å². The molecule has 100 valence electrons. The van der Waals surface area contributed by atoms with Crippen LogP contribution in [0.4, 0.5) is 0 Å². The van der Waals surface area contributed by atoms with Crippen LogP contribution in [0.25, 0.3) is 11.6 Å². The normalized spacial score (nSPS) is 18.6. The van der Waals surface area contributed by atoms with Crippen LogP contribution in [-0.4, -0.2) is 19.8 Å². The average Bonchev–Trinajstić information content (AvgIpc) is 2.52. The zero-order chi connectivity index (χ0) is 13.5. The van der Waals surface area contributed by atoms with Gasteiger partial charge >= 0.3 is 0 Å². The molecule has 2 heterocycles. The van der Waals surface area contributed by atoms with Gasteiger partial charge in [-0.05, 0) is 24.3 Å². The van der Waals surface area contributed by atoms with E-state index in [1.54, 1.807) is 7.11 Å². The standard InChI is InChI=1S/C17H14O3/c1-18-12-6-7-13-14-8-11-4-2-3-5-15(11)20-17(14)10-19-16(13)9-12/h2-9,17H,10H2,1H3/t17-/m1/s1. The fraction of sp³-hybridized carbons (Fsp3) is 0.176. The lowest BCUT2D eigenvalue weighted by Gasteiger charge is -2.32. The summed E-state index contributed by atoms with van der Waals surface area (Å²) in [5, 5.41) is 0. The summed E-state index contributed by atoms with van der Waals surface area (Å²) in [6.45, 7) is 0.528. The topological polar surface area (TPSA) is 27.7 Å². The Morgan fingerprint density at radius 3 is 2.90 bits per heavy atom. The van der Waals surface area contributed by atoms with Crippen LogP contribution >= 0.6 is 0 Å². The molecule has 0 unspecified atom stereocenters. The summed E-state index contributed by atoms with van der Waals surface area (Å²) in [6.07, 6.45) is 2.16. The van der Waals surface area contributed by atoms with Crippen molar-refractivity contribution in [3.63, 3.8) is 0 Å². The van der Waals surface area contributed by atoms with Gasteiger partial charge < -0.3 is 14.2 Å². The molecule has 2 aromatic carbocycles. The van der Waals surface area contributed by atoms with Gasteiger partial charge in [0.1, 0.15) is 23.9 Å². The molecular weight excluding hydrogens is 252 g/mol. The van der Waals surface area contributed by atoms with Crippen molar-refractivity contribution in [1.82, 2.24) is 0 Å². The number of hydrogen-bond acceptors (Lipinski definition) is 3. The zero-order valence-corrected chi connectivity index (χ0v) is 11.1. The van der Waals surface area contributed by atoms with Gasteiger partial charge in [0.2, 0.25) is 0 Å². The van der Waals surface area contributed by atoms with E-state index in [9.17, 15) is 0 Å². The summed E-state index contributed by atoms with van der Waals surface area (Å²) in [5.41, 5.74) is 3.37. The first-order chi connectivity index (χ1) is 9.85. The first-order valence-corrected chi connectivity index (χ1v) is 6.63. The van der Waals surface area contributed by atoms with Crippen LogP contribution in [-0.2, 0) is 0 Å². The molecule has 3 heteroatoms. The number of rotatable bonds is 1. The average molecular weight is 266 g/mol. The third-order valence-corrected chi connectivity index (χ3v) is 3.74. The molecule has 0 N–H and O–H groups in total. The Hall–Kier alpha value is -2.42. The zero-order valence-electron chi connectivity index (χ0n) is 11.1. The second-order valence-corrected chi connectivity index (χ2v) is 4.92. The first kappa shape index (κ1) is 11.4. The van der Waals surface area contributed by atoms with Crippen molar-refractivity contribution in [2.24, 2.45) is 0 Å². The molecule has 0 spiro atoms. The number of benzene rings is 2. The molecule has 2 aliphatic heterocycles. The second kappa shape index (κ2) is 4.30. The van der Waals surface area contributed by atoms with Crippen LogP contribution in [0.2, 0.25) is 0 Å². The minimum absolute atomic E-state index is 0.0363. The minimum atomic E-state index is -0.0363. The number of hydrogen-bond donors (Lipinski definition) is 0. The first-order valence-electron chi connectivity index (χ1n) is 6.63. The molecule has 2 aliphatic rings. The van der Waals surface area contributed by atoms with Crippen LogP contribution in [0, 0.1) is 0 Å². The fourth-order valence-electron chi connectivity index (χ4n) is 2.71. The molecule has 0 aliphatic carbocycles. The van der Waals surface area contributed by atoms with Crippen LogP contribution in [0.5, 0.6) is 17.2 Å². The Bertz CT molecular complexity index is 703. The van der Waals surface area contributed by atoms with Crippen LogP contribution < -0.4 is 14.2 Å². The fourth-order valence-corrected chi connectivity index (χ4v) is 2.71. The number of methoxy groups -OCH3 is 1. The second-order valence-electron chi connectivity index (χ2n) is 4.92. The van der Waals surface area contributed by atoms with Gasteiger partial charge in [0.05, 0.1) is 7.11 Å². The van der Waals surface area contributed by atoms with Gasteiger partial charge in [-0.2, -0.15) is 0 Å². The molecule has 0 radical (unpaired) electrons. The van der Waals surface area contributed by atoms with Crippen LogP contribution in [0.1, 0.15) is 11.1 Å². The largest absolute Gasteiger partial charge is 0.497 e. The van der Waals surface area contributed by atoms with Gasteiger partial charge in [-0.25, -0.2) is 0 Å². The summed E-state index contributed by atoms with van der Waals surface area (Å²) < 4.78 is 17.1. The Kier molecular flexibility index (Phi) is 2.46. The minimum Gasteiger partial charge on any atom is -0.497 e. The summed E-state index contributed by atoms with van der Waals surface area (Å²) in [5.74, 6) is 2.58. The molecule has 0 bridgehead atoms. The molecule has 0 fully saturated rings. The van der Waals surface area contributed by atoms with E-state index in [4.69, 9.17) is 14.2 Å². The SMILES string of the molecule is COc1ccc2c(c1)OC[C@H]1Oc3ccccc3C=C21. The van der Waals surface area contributed by atoms with Crippen molar-refractivity contribution in [1.29, 1.82) is 0 Å². The quantitative estimate of drug-likeness (QED) is 0.792. The summed E-state index contributed by atoms with van der Waals surface area (Å²) in [6, 6.07) is 14.0. The highest BCUT2D eigenvalue weighted by molar-refractivity contribution is 5.90. The summed E-state index contributed by atoms with van der Waals surface area (Å²) in [4.78, 5) is 0. The predicted molar refractivity (Wildman–Crippen MR) is 77.2 cm³/mol. The molecule has 20 heavy (non-hydrogen) atoms. The Balaban J connectivity index is 1.85. The van der Waals surface area contributed by atoms with E-state index in [-0.39, 0.29) is 6.10 Å². The molecule has 3 nitrogen and oxygen atoms in total. The van der Waals surface area contributed by atoms with Gasteiger partial charge in [0.15, 0.2) is 6.10 Å². The molecule has 0 aromatic heterocycles. The number of para-hydroxylation sites is 1. The highest BCUT2D eigenvalue weighted by Gasteiger charge is 2.30. The number of fused-ring (bicyclic) bond motifs is 4. The van der Waals surface area contributed by atoms with Crippen molar-refractivity contribution >= 4 is 11.6 Å². The van der Waals surface area contributed by atoms with Gasteiger partial charge in [0, 0.05) is 22.8 Å². The van der Waals surface area contributed by atoms with Crippen LogP contribution in [0.15, 0.2) is 42.5 Å². The van der Waals surface area contributed by atoms with E-state index < -0.39 is 0 Å². The number of ether oxygens (including phenoxy) is 3. The van der Waals surface area contributed by atoms with Crippen molar-refractivity contribution in [3.05, 3.63) is 53.6 Å². The third kappa shape index (κ3) is 1.67. The Labute approximate surface area is 117 Å². The van der Waals surface area contributed by atoms with E-state index in [0.29, 0.717) is 6.61 Å². The van der Waals surface area contributed by atoms with E-state index in [2.05, 4.69) is 12.1 Å². The molecular formula is C17H14O3. The molecule has 0 saturated carbocycles. The molecule has 4 rings (SSSR count). The van der Waals surface area contributed by atoms with Crippen molar-refractivity contribution in [2.45, 2.75) is 6.10 Å². The van der Waals surface area contributed by atoms with E-state index in [1.165, 1.54) is 5.57 Å². The molecule has 0 saturated heterocycles. The van der Waals surface area contributed by atoms with E-state index in [1.807, 2.05) is 36.4 Å². The lowest BCUT2D eigenvalue weighted by atomic mass is 9.93. The summed E-state index contributed by atoms with van der Waals surface area (Å²) in [7, 11) is 1.66. The van der Waals surface area contributed by atoms with Crippen LogP contribution in [0.3, 0.4) is 0 Å². The molecule has 0 amide bonds. The highest BCUT2D eigenvalue weighted by atomic mass is 16.5. The lowest BCUT2D eigenvalue weighted by molar-refractivity contribution is 0.159. The Morgan fingerprint density at radius 2 is 2.00 bits per heavy atom. The Morgan fingerprint density at radius 1 is 1.10 bits per heavy atom. The van der Waals surface area contributed by atoms with Gasteiger partial charge in [-0.15, -0.1) is 0 Å². The van der Waals surface area contributed by atoms with Gasteiger partial charge in [0.25, 0.3) is 0 Å². The van der Waals surface area contributed by atoms with E-state index >= 15 is 0 Å². The maximum atomic E-state index is 6.02. The molecule has 1 atom stereocenters. The lowest BCUT2D eigenvalue weighted by Crippen LogP contribution is -2.32. The molecule has 2 aromatic rings. The van der Waals surface area contributed by atoms with Gasteiger partial charge in [-0.1, -0.05) is 18.2 Å². The van der Waals surface area contributed by atoms with Crippen molar-refractivity contribution in [2.75, 3.05) is 13.7 Å². The maximum absolute atomic E-state index is 6.02. The summed E-state index contributed by atoms with van der Waals surface area (Å²) >= 11 is 0. The monoisotopic (exact) mass is 266 g/mol. The smallest absolute Gasteiger partial charge is 0.158 e. The third-order valence-electron chi connectivity index (χ3n) is 3.74. The highest BCUT2D eigenvalue weighted by Crippen LogP contribution is 2.41. The maximum Gasteiger partial charge on any atom is 0.158 e. The predicted octanol–water partition coefficient (Wildman–Crippen LogP) is 3.39. The van der Waals surface area contributed by atoms with Gasteiger partial charge in [-0.3, -0.25) is 0 Å².